The quantitative estimate of drug-likeness (QED) is 0.478. The van der Waals surface area contributed by atoms with Gasteiger partial charge in [0.15, 0.2) is 0 Å². The number of carboxylic acid groups (broad SMARTS) is 1. The normalized spacial score (nSPS) is 23.0. The summed E-state index contributed by atoms with van der Waals surface area (Å²) in [6, 6.07) is -0.314. The van der Waals surface area contributed by atoms with Gasteiger partial charge in [-0.05, 0) is 73.7 Å². The fourth-order valence-electron chi connectivity index (χ4n) is 4.91. The summed E-state index contributed by atoms with van der Waals surface area (Å²) in [5.41, 5.74) is 5.20. The van der Waals surface area contributed by atoms with Gasteiger partial charge in [0.05, 0.1) is 6.42 Å². The maximum atomic E-state index is 13.1. The summed E-state index contributed by atoms with van der Waals surface area (Å²) >= 11 is 0. The Bertz CT molecular complexity index is 1010. The SMILES string of the molecule is CC#C[C@@]1(C2=CC=C(C=C3CCCC3)C(CC)=CC2)NC(=O)N(CCC(=O)O)C=C1C(C)C. The summed E-state index contributed by atoms with van der Waals surface area (Å²) in [5.74, 6) is 5.56. The molecule has 3 rings (SSSR count). The van der Waals surface area contributed by atoms with Crippen LogP contribution in [-0.2, 0) is 4.79 Å². The number of carbonyl (C=O) groups excluding carboxylic acids is 1. The number of aliphatic carboxylic acids is 1. The highest BCUT2D eigenvalue weighted by atomic mass is 16.4. The molecule has 5 heteroatoms. The fraction of sp³-hybridized carbons (Fsp3) is 0.500. The average Bonchev–Trinajstić information content (AvgIpc) is 3.19. The number of carbonyl (C=O) groups is 2. The number of amides is 2. The molecule has 0 bridgehead atoms. The Morgan fingerprint density at radius 2 is 2.03 bits per heavy atom. The van der Waals surface area contributed by atoms with Crippen LogP contribution in [-0.4, -0.2) is 34.1 Å². The van der Waals surface area contributed by atoms with Crippen molar-refractivity contribution >= 4 is 12.0 Å². The zero-order valence-corrected chi connectivity index (χ0v) is 20.3. The standard InChI is InChI=1S/C28H36N2O3/c1-5-16-28(25(20(3)4)19-30(27(33)29-28)17-15-26(31)32)24-13-11-22(6-2)23(12-14-24)18-21-9-7-8-10-21/h11-12,14,18-20H,6-10,13,15,17H2,1-4H3,(H,29,33)(H,31,32)/t28-/m0/s1. The first-order valence-corrected chi connectivity index (χ1v) is 12.1. The highest BCUT2D eigenvalue weighted by Crippen LogP contribution is 2.38. The molecule has 1 heterocycles. The molecule has 0 unspecified atom stereocenters. The van der Waals surface area contributed by atoms with Gasteiger partial charge < -0.3 is 15.3 Å². The largest absolute Gasteiger partial charge is 0.481 e. The number of carboxylic acids is 1. The second-order valence-corrected chi connectivity index (χ2v) is 9.24. The minimum Gasteiger partial charge on any atom is -0.481 e. The van der Waals surface area contributed by atoms with Gasteiger partial charge in [-0.15, -0.1) is 5.92 Å². The number of urea groups is 1. The molecule has 2 N–H and O–H groups in total. The molecule has 1 fully saturated rings. The van der Waals surface area contributed by atoms with Crippen molar-refractivity contribution in [3.8, 4) is 11.8 Å². The minimum atomic E-state index is -0.926. The zero-order valence-electron chi connectivity index (χ0n) is 20.3. The third kappa shape index (κ3) is 5.50. The van der Waals surface area contributed by atoms with Gasteiger partial charge in [0.2, 0.25) is 0 Å². The second kappa shape index (κ2) is 10.7. The number of nitrogens with one attached hydrogen (secondary N) is 1. The molecule has 1 atom stereocenters. The molecule has 176 valence electrons. The van der Waals surface area contributed by atoms with Gasteiger partial charge in [-0.25, -0.2) is 4.79 Å². The highest BCUT2D eigenvalue weighted by molar-refractivity contribution is 5.82. The van der Waals surface area contributed by atoms with E-state index in [1.807, 2.05) is 6.20 Å². The van der Waals surface area contributed by atoms with Crippen LogP contribution < -0.4 is 5.32 Å². The summed E-state index contributed by atoms with van der Waals surface area (Å²) in [6.45, 7) is 8.27. The van der Waals surface area contributed by atoms with E-state index in [4.69, 9.17) is 5.11 Å². The Morgan fingerprint density at radius 1 is 1.30 bits per heavy atom. The Kier molecular flexibility index (Phi) is 8.02. The van der Waals surface area contributed by atoms with E-state index < -0.39 is 11.5 Å². The topological polar surface area (TPSA) is 69.6 Å². The molecule has 2 amide bonds. The molecule has 0 aromatic carbocycles. The molecule has 0 radical (unpaired) electrons. The smallest absolute Gasteiger partial charge is 0.323 e. The van der Waals surface area contributed by atoms with Crippen molar-refractivity contribution in [1.29, 1.82) is 0 Å². The summed E-state index contributed by atoms with van der Waals surface area (Å²) in [7, 11) is 0. The molecule has 0 aromatic heterocycles. The molecule has 2 aliphatic carbocycles. The Labute approximate surface area is 198 Å². The lowest BCUT2D eigenvalue weighted by Crippen LogP contribution is -2.58. The first kappa shape index (κ1) is 24.6. The van der Waals surface area contributed by atoms with Crippen molar-refractivity contribution in [2.24, 2.45) is 5.92 Å². The van der Waals surface area contributed by atoms with Gasteiger partial charge in [-0.3, -0.25) is 4.79 Å². The Morgan fingerprint density at radius 3 is 2.64 bits per heavy atom. The predicted molar refractivity (Wildman–Crippen MR) is 132 cm³/mol. The van der Waals surface area contributed by atoms with Crippen LogP contribution in [0.4, 0.5) is 4.79 Å². The maximum Gasteiger partial charge on any atom is 0.323 e. The molecule has 0 spiro atoms. The summed E-state index contributed by atoms with van der Waals surface area (Å²) in [6.07, 6.45) is 17.2. The summed E-state index contributed by atoms with van der Waals surface area (Å²) < 4.78 is 0. The van der Waals surface area contributed by atoms with Crippen LogP contribution in [0.15, 0.2) is 58.4 Å². The van der Waals surface area contributed by atoms with Gasteiger partial charge in [0.25, 0.3) is 0 Å². The Balaban J connectivity index is 2.07. The molecule has 1 saturated carbocycles. The lowest BCUT2D eigenvalue weighted by molar-refractivity contribution is -0.137. The predicted octanol–water partition coefficient (Wildman–Crippen LogP) is 5.88. The average molecular weight is 449 g/mol. The van der Waals surface area contributed by atoms with Gasteiger partial charge in [-0.2, -0.15) is 0 Å². The number of rotatable bonds is 7. The van der Waals surface area contributed by atoms with Crippen molar-refractivity contribution in [1.82, 2.24) is 10.2 Å². The first-order chi connectivity index (χ1) is 15.8. The van der Waals surface area contributed by atoms with Gasteiger partial charge in [0.1, 0.15) is 5.54 Å². The third-order valence-corrected chi connectivity index (χ3v) is 6.66. The molecule has 1 aliphatic heterocycles. The van der Waals surface area contributed by atoms with Gasteiger partial charge in [-0.1, -0.05) is 56.6 Å². The van der Waals surface area contributed by atoms with Crippen LogP contribution >= 0.6 is 0 Å². The van der Waals surface area contributed by atoms with Crippen molar-refractivity contribution < 1.29 is 14.7 Å². The minimum absolute atomic E-state index is 0.103. The monoisotopic (exact) mass is 448 g/mol. The van der Waals surface area contributed by atoms with Crippen LogP contribution in [0.5, 0.6) is 0 Å². The van der Waals surface area contributed by atoms with Gasteiger partial charge in [0, 0.05) is 12.7 Å². The third-order valence-electron chi connectivity index (χ3n) is 6.66. The van der Waals surface area contributed by atoms with Crippen molar-refractivity contribution in [2.75, 3.05) is 6.54 Å². The summed E-state index contributed by atoms with van der Waals surface area (Å²) in [4.78, 5) is 25.6. The van der Waals surface area contributed by atoms with E-state index in [1.54, 1.807) is 6.92 Å². The molecular formula is C28H36N2O3. The van der Waals surface area contributed by atoms with E-state index in [1.165, 1.54) is 47.3 Å². The number of allylic oxidation sites excluding steroid dienone is 7. The number of nitrogens with zero attached hydrogens (tertiary/aromatic N) is 1. The van der Waals surface area contributed by atoms with E-state index >= 15 is 0 Å². The van der Waals surface area contributed by atoms with Crippen LogP contribution in [0, 0.1) is 17.8 Å². The second-order valence-electron chi connectivity index (χ2n) is 9.24. The van der Waals surface area contributed by atoms with Crippen LogP contribution in [0.25, 0.3) is 0 Å². The summed E-state index contributed by atoms with van der Waals surface area (Å²) in [5, 5.41) is 12.2. The van der Waals surface area contributed by atoms with Gasteiger partial charge >= 0.3 is 12.0 Å². The highest BCUT2D eigenvalue weighted by Gasteiger charge is 2.43. The van der Waals surface area contributed by atoms with E-state index in [-0.39, 0.29) is 24.9 Å². The lowest BCUT2D eigenvalue weighted by Gasteiger charge is -2.42. The maximum absolute atomic E-state index is 13.1. The molecular weight excluding hydrogens is 412 g/mol. The molecule has 33 heavy (non-hydrogen) atoms. The van der Waals surface area contributed by atoms with E-state index in [2.05, 4.69) is 62.2 Å². The lowest BCUT2D eigenvalue weighted by atomic mass is 9.75. The van der Waals surface area contributed by atoms with Crippen molar-refractivity contribution in [2.45, 2.75) is 78.2 Å². The number of hydrogen-bond acceptors (Lipinski definition) is 2. The van der Waals surface area contributed by atoms with Crippen molar-refractivity contribution in [3.05, 3.63) is 58.4 Å². The molecule has 3 aliphatic rings. The zero-order chi connectivity index (χ0) is 24.0. The fourth-order valence-corrected chi connectivity index (χ4v) is 4.91. The van der Waals surface area contributed by atoms with E-state index in [0.29, 0.717) is 6.42 Å². The first-order valence-electron chi connectivity index (χ1n) is 12.1. The van der Waals surface area contributed by atoms with Crippen LogP contribution in [0.1, 0.15) is 72.6 Å². The van der Waals surface area contributed by atoms with E-state index in [9.17, 15) is 9.59 Å². The van der Waals surface area contributed by atoms with Crippen molar-refractivity contribution in [3.63, 3.8) is 0 Å². The van der Waals surface area contributed by atoms with E-state index in [0.717, 1.165) is 17.6 Å². The van der Waals surface area contributed by atoms with Crippen LogP contribution in [0.3, 0.4) is 0 Å². The molecule has 5 nitrogen and oxygen atoms in total. The molecule has 0 saturated heterocycles. The molecule has 0 aromatic rings. The Hall–Kier alpha value is -3.00. The van der Waals surface area contributed by atoms with Crippen LogP contribution in [0.2, 0.25) is 0 Å². The number of hydrogen-bond donors (Lipinski definition) is 2.